The van der Waals surface area contributed by atoms with E-state index in [9.17, 15) is 0 Å². The monoisotopic (exact) mass is 200 g/mol. The number of rotatable bonds is 4. The topological polar surface area (TPSA) is 44.7 Å². The second-order valence-corrected chi connectivity index (χ2v) is 4.57. The van der Waals surface area contributed by atoms with E-state index in [-0.39, 0.29) is 18.2 Å². The highest BCUT2D eigenvalue weighted by atomic mass is 16.5. The van der Waals surface area contributed by atoms with E-state index >= 15 is 0 Å². The molecule has 1 saturated heterocycles. The van der Waals surface area contributed by atoms with Crippen molar-refractivity contribution in [1.29, 1.82) is 0 Å². The Kier molecular flexibility index (Phi) is 3.07. The Hall–Kier alpha value is -0.160. The average molecular weight is 200 g/mol. The molecule has 0 aromatic heterocycles. The van der Waals surface area contributed by atoms with Crippen LogP contribution in [0.4, 0.5) is 0 Å². The van der Waals surface area contributed by atoms with E-state index in [1.165, 1.54) is 0 Å². The fourth-order valence-electron chi connectivity index (χ4n) is 1.86. The van der Waals surface area contributed by atoms with Gasteiger partial charge in [-0.25, -0.2) is 0 Å². The van der Waals surface area contributed by atoms with Gasteiger partial charge in [0.2, 0.25) is 0 Å². The Morgan fingerprint density at radius 1 is 1.57 bits per heavy atom. The van der Waals surface area contributed by atoms with Gasteiger partial charge in [0.25, 0.3) is 0 Å². The zero-order valence-electron chi connectivity index (χ0n) is 8.83. The summed E-state index contributed by atoms with van der Waals surface area (Å²) in [5.74, 6) is 0. The van der Waals surface area contributed by atoms with Gasteiger partial charge >= 0.3 is 0 Å². The third-order valence-corrected chi connectivity index (χ3v) is 3.20. The van der Waals surface area contributed by atoms with Gasteiger partial charge in [-0.3, -0.25) is 0 Å². The van der Waals surface area contributed by atoms with E-state index in [2.05, 4.69) is 17.3 Å². The van der Waals surface area contributed by atoms with Crippen LogP contribution in [0.3, 0.4) is 0 Å². The predicted octanol–water partition coefficient (Wildman–Crippen LogP) is -0.568. The van der Waals surface area contributed by atoms with E-state index < -0.39 is 0 Å². The molecule has 0 aromatic carbocycles. The number of morpholine rings is 1. The molecule has 1 heterocycles. The summed E-state index contributed by atoms with van der Waals surface area (Å²) in [6.07, 6.45) is 2.50. The first-order valence-corrected chi connectivity index (χ1v) is 5.40. The summed E-state index contributed by atoms with van der Waals surface area (Å²) in [5.41, 5.74) is 0.0411. The van der Waals surface area contributed by atoms with Crippen LogP contribution in [0.5, 0.6) is 0 Å². The second-order valence-electron chi connectivity index (χ2n) is 4.57. The number of nitrogens with one attached hydrogen (secondary N) is 1. The minimum Gasteiger partial charge on any atom is -0.394 e. The predicted molar refractivity (Wildman–Crippen MR) is 54.3 cm³/mol. The highest BCUT2D eigenvalue weighted by Crippen LogP contribution is 2.34. The molecule has 2 N–H and O–H groups in total. The van der Waals surface area contributed by atoms with Gasteiger partial charge in [0.1, 0.15) is 0 Å². The van der Waals surface area contributed by atoms with Crippen molar-refractivity contribution >= 4 is 0 Å². The van der Waals surface area contributed by atoms with Crippen molar-refractivity contribution in [2.75, 3.05) is 39.9 Å². The van der Waals surface area contributed by atoms with Crippen molar-refractivity contribution in [3.63, 3.8) is 0 Å². The third-order valence-electron chi connectivity index (χ3n) is 3.20. The molecule has 14 heavy (non-hydrogen) atoms. The molecule has 4 nitrogen and oxygen atoms in total. The first kappa shape index (κ1) is 10.4. The van der Waals surface area contributed by atoms with Gasteiger partial charge in [0.15, 0.2) is 0 Å². The molecule has 1 aliphatic carbocycles. The van der Waals surface area contributed by atoms with Crippen LogP contribution in [0, 0.1) is 0 Å². The van der Waals surface area contributed by atoms with Crippen molar-refractivity contribution in [3.05, 3.63) is 0 Å². The maximum Gasteiger partial charge on any atom is 0.0826 e. The smallest absolute Gasteiger partial charge is 0.0826 e. The van der Waals surface area contributed by atoms with Crippen molar-refractivity contribution in [3.8, 4) is 0 Å². The average Bonchev–Trinajstić information content (AvgIpc) is 2.96. The van der Waals surface area contributed by atoms with E-state index in [0.717, 1.165) is 39.1 Å². The molecule has 1 saturated carbocycles. The molecule has 2 aliphatic rings. The number of likely N-dealkylation sites (N-methyl/N-ethyl adjacent to an activating group) is 1. The van der Waals surface area contributed by atoms with Gasteiger partial charge < -0.3 is 20.1 Å². The highest BCUT2D eigenvalue weighted by molar-refractivity contribution is 5.01. The van der Waals surface area contributed by atoms with Crippen LogP contribution in [-0.4, -0.2) is 61.5 Å². The summed E-state index contributed by atoms with van der Waals surface area (Å²) in [6.45, 7) is 3.98. The second kappa shape index (κ2) is 4.14. The van der Waals surface area contributed by atoms with Crippen molar-refractivity contribution in [2.45, 2.75) is 24.5 Å². The highest BCUT2D eigenvalue weighted by Gasteiger charge is 2.41. The van der Waals surface area contributed by atoms with Gasteiger partial charge in [-0.2, -0.15) is 0 Å². The van der Waals surface area contributed by atoms with Crippen LogP contribution in [0.1, 0.15) is 12.8 Å². The van der Waals surface area contributed by atoms with E-state index in [0.29, 0.717) is 0 Å². The Bertz CT molecular complexity index is 195. The zero-order valence-corrected chi connectivity index (χ0v) is 8.83. The zero-order chi connectivity index (χ0) is 10.0. The standard InChI is InChI=1S/C10H20N2O2/c1-12-4-5-14-9(7-12)6-11-10(8-13)2-3-10/h9,11,13H,2-8H2,1H3. The number of hydrogen-bond acceptors (Lipinski definition) is 4. The molecule has 0 spiro atoms. The Labute approximate surface area is 85.2 Å². The van der Waals surface area contributed by atoms with Crippen molar-refractivity contribution < 1.29 is 9.84 Å². The van der Waals surface area contributed by atoms with Gasteiger partial charge in [0, 0.05) is 25.2 Å². The molecule has 0 bridgehead atoms. The maximum absolute atomic E-state index is 9.12. The van der Waals surface area contributed by atoms with E-state index in [1.54, 1.807) is 0 Å². The lowest BCUT2D eigenvalue weighted by molar-refractivity contribution is -0.0206. The molecule has 1 aliphatic heterocycles. The minimum absolute atomic E-state index is 0.0411. The quantitative estimate of drug-likeness (QED) is 0.638. The van der Waals surface area contributed by atoms with Gasteiger partial charge in [-0.05, 0) is 19.9 Å². The molecule has 4 heteroatoms. The molecule has 82 valence electrons. The number of aliphatic hydroxyl groups excluding tert-OH is 1. The third kappa shape index (κ3) is 2.45. The SMILES string of the molecule is CN1CCOC(CNC2(CO)CC2)C1. The first-order chi connectivity index (χ1) is 6.74. The molecule has 0 radical (unpaired) electrons. The Morgan fingerprint density at radius 3 is 2.93 bits per heavy atom. The summed E-state index contributed by atoms with van der Waals surface area (Å²) in [7, 11) is 2.12. The minimum atomic E-state index is 0.0411. The lowest BCUT2D eigenvalue weighted by atomic mass is 10.2. The van der Waals surface area contributed by atoms with Crippen molar-refractivity contribution in [1.82, 2.24) is 10.2 Å². The summed E-state index contributed by atoms with van der Waals surface area (Å²) < 4.78 is 5.63. The molecular formula is C10H20N2O2. The van der Waals surface area contributed by atoms with Gasteiger partial charge in [-0.15, -0.1) is 0 Å². The number of ether oxygens (including phenoxy) is 1. The molecule has 1 unspecified atom stereocenters. The largest absolute Gasteiger partial charge is 0.394 e. The lowest BCUT2D eigenvalue weighted by Gasteiger charge is -2.31. The van der Waals surface area contributed by atoms with Crippen LogP contribution in [0.15, 0.2) is 0 Å². The number of hydrogen-bond donors (Lipinski definition) is 2. The number of aliphatic hydroxyl groups is 1. The fourth-order valence-corrected chi connectivity index (χ4v) is 1.86. The number of nitrogens with zero attached hydrogens (tertiary/aromatic N) is 1. The van der Waals surface area contributed by atoms with E-state index in [4.69, 9.17) is 9.84 Å². The van der Waals surface area contributed by atoms with Crippen molar-refractivity contribution in [2.24, 2.45) is 0 Å². The summed E-state index contributed by atoms with van der Waals surface area (Å²) in [4.78, 5) is 2.29. The first-order valence-electron chi connectivity index (χ1n) is 5.40. The van der Waals surface area contributed by atoms with Crippen LogP contribution in [0.25, 0.3) is 0 Å². The molecule has 0 aromatic rings. The van der Waals surface area contributed by atoms with Crippen LogP contribution in [0.2, 0.25) is 0 Å². The summed E-state index contributed by atoms with van der Waals surface area (Å²) in [6, 6.07) is 0. The molecule has 2 rings (SSSR count). The van der Waals surface area contributed by atoms with E-state index in [1.807, 2.05) is 0 Å². The van der Waals surface area contributed by atoms with Gasteiger partial charge in [0.05, 0.1) is 19.3 Å². The Balaban J connectivity index is 1.69. The van der Waals surface area contributed by atoms with Crippen LogP contribution < -0.4 is 5.32 Å². The van der Waals surface area contributed by atoms with Crippen LogP contribution in [-0.2, 0) is 4.74 Å². The molecular weight excluding hydrogens is 180 g/mol. The molecule has 2 fully saturated rings. The maximum atomic E-state index is 9.12. The van der Waals surface area contributed by atoms with Crippen LogP contribution >= 0.6 is 0 Å². The Morgan fingerprint density at radius 2 is 2.36 bits per heavy atom. The van der Waals surface area contributed by atoms with Gasteiger partial charge in [-0.1, -0.05) is 0 Å². The molecule has 1 atom stereocenters. The molecule has 0 amide bonds. The normalized spacial score (nSPS) is 31.7. The summed E-state index contributed by atoms with van der Waals surface area (Å²) in [5, 5.41) is 12.5. The lowest BCUT2D eigenvalue weighted by Crippen LogP contribution is -2.48. The fraction of sp³-hybridized carbons (Fsp3) is 1.00. The summed E-state index contributed by atoms with van der Waals surface area (Å²) >= 11 is 0.